The van der Waals surface area contributed by atoms with Gasteiger partial charge in [-0.1, -0.05) is 25.1 Å². The number of pyridine rings is 1. The highest BCUT2D eigenvalue weighted by Crippen LogP contribution is 2.25. The van der Waals surface area contributed by atoms with Crippen molar-refractivity contribution in [3.8, 4) is 0 Å². The van der Waals surface area contributed by atoms with E-state index in [0.29, 0.717) is 5.56 Å². The number of hydrogen-bond acceptors (Lipinski definition) is 4. The van der Waals surface area contributed by atoms with Crippen molar-refractivity contribution in [3.63, 3.8) is 0 Å². The Bertz CT molecular complexity index is 797. The molecule has 3 rings (SSSR count). The van der Waals surface area contributed by atoms with Gasteiger partial charge >= 0.3 is 5.97 Å². The van der Waals surface area contributed by atoms with Gasteiger partial charge in [0.05, 0.1) is 11.1 Å². The zero-order chi connectivity index (χ0) is 17.3. The Morgan fingerprint density at radius 3 is 2.71 bits per heavy atom. The number of amides is 1. The number of carbonyl (C=O) groups excluding carboxylic acids is 2. The van der Waals surface area contributed by atoms with E-state index in [-0.39, 0.29) is 11.9 Å². The number of fused-ring (bicyclic) bond motifs is 1. The average Bonchev–Trinajstić information content (AvgIpc) is 3.37. The number of nitrogens with zero attached hydrogens (tertiary/aromatic N) is 1. The van der Waals surface area contributed by atoms with Crippen molar-refractivity contribution in [2.45, 2.75) is 52.2 Å². The summed E-state index contributed by atoms with van der Waals surface area (Å²) in [7, 11) is 0. The Morgan fingerprint density at radius 2 is 2.04 bits per heavy atom. The van der Waals surface area contributed by atoms with Crippen LogP contribution in [0.15, 0.2) is 24.3 Å². The molecule has 0 radical (unpaired) electrons. The van der Waals surface area contributed by atoms with Crippen molar-refractivity contribution in [1.29, 1.82) is 0 Å². The molecule has 1 amide bonds. The summed E-state index contributed by atoms with van der Waals surface area (Å²) in [4.78, 5) is 29.4. The molecule has 0 unspecified atom stereocenters. The lowest BCUT2D eigenvalue weighted by Crippen LogP contribution is -2.37. The van der Waals surface area contributed by atoms with E-state index >= 15 is 0 Å². The van der Waals surface area contributed by atoms with Crippen LogP contribution >= 0.6 is 0 Å². The largest absolute Gasteiger partial charge is 0.449 e. The number of nitrogens with one attached hydrogen (secondary N) is 1. The van der Waals surface area contributed by atoms with Gasteiger partial charge < -0.3 is 10.1 Å². The van der Waals surface area contributed by atoms with Crippen molar-refractivity contribution in [3.05, 3.63) is 41.1 Å². The fourth-order valence-corrected chi connectivity index (χ4v) is 2.78. The summed E-state index contributed by atoms with van der Waals surface area (Å²) < 4.78 is 5.44. The van der Waals surface area contributed by atoms with Crippen LogP contribution in [0, 0.1) is 6.92 Å². The van der Waals surface area contributed by atoms with E-state index in [9.17, 15) is 9.59 Å². The van der Waals surface area contributed by atoms with Gasteiger partial charge in [0, 0.05) is 17.1 Å². The van der Waals surface area contributed by atoms with Crippen LogP contribution in [-0.2, 0) is 16.0 Å². The summed E-state index contributed by atoms with van der Waals surface area (Å²) in [5.74, 6) is -0.711. The Labute approximate surface area is 141 Å². The molecular formula is C19H22N2O3. The summed E-state index contributed by atoms with van der Waals surface area (Å²) in [6.07, 6.45) is 1.92. The Morgan fingerprint density at radius 1 is 1.33 bits per heavy atom. The fourth-order valence-electron chi connectivity index (χ4n) is 2.78. The second-order valence-corrected chi connectivity index (χ2v) is 6.26. The number of aromatic nitrogens is 1. The van der Waals surface area contributed by atoms with Crippen LogP contribution in [0.5, 0.6) is 0 Å². The zero-order valence-electron chi connectivity index (χ0n) is 14.3. The maximum atomic E-state index is 12.7. The van der Waals surface area contributed by atoms with Crippen LogP contribution in [0.1, 0.15) is 48.3 Å². The predicted octanol–water partition coefficient (Wildman–Crippen LogP) is 2.93. The fraction of sp³-hybridized carbons (Fsp3) is 0.421. The molecule has 1 saturated carbocycles. The van der Waals surface area contributed by atoms with E-state index in [1.165, 1.54) is 0 Å². The highest BCUT2D eigenvalue weighted by molar-refractivity contribution is 6.05. The van der Waals surface area contributed by atoms with E-state index in [1.54, 1.807) is 6.92 Å². The lowest BCUT2D eigenvalue weighted by Gasteiger charge is -2.16. The molecule has 24 heavy (non-hydrogen) atoms. The Balaban J connectivity index is 1.90. The molecule has 0 saturated heterocycles. The van der Waals surface area contributed by atoms with Crippen LogP contribution in [0.4, 0.5) is 0 Å². The second-order valence-electron chi connectivity index (χ2n) is 6.26. The maximum Gasteiger partial charge on any atom is 0.339 e. The first-order valence-corrected chi connectivity index (χ1v) is 8.40. The minimum Gasteiger partial charge on any atom is -0.449 e. The Hall–Kier alpha value is -2.43. The summed E-state index contributed by atoms with van der Waals surface area (Å²) in [5, 5.41) is 3.61. The van der Waals surface area contributed by atoms with Crippen molar-refractivity contribution in [2.75, 3.05) is 0 Å². The van der Waals surface area contributed by atoms with Gasteiger partial charge in [0.15, 0.2) is 6.10 Å². The minimum absolute atomic E-state index is 0.238. The highest BCUT2D eigenvalue weighted by Gasteiger charge is 2.28. The molecule has 1 aliphatic rings. The molecule has 0 bridgehead atoms. The van der Waals surface area contributed by atoms with E-state index < -0.39 is 12.1 Å². The molecule has 1 atom stereocenters. The number of benzene rings is 1. The number of para-hydroxylation sites is 1. The monoisotopic (exact) mass is 326 g/mol. The number of hydrogen-bond donors (Lipinski definition) is 1. The SMILES string of the molecule is CCc1nc2ccccc2c(C(=O)O[C@@H](C)C(=O)NC2CC2)c1C. The quantitative estimate of drug-likeness (QED) is 0.858. The topological polar surface area (TPSA) is 68.3 Å². The van der Waals surface area contributed by atoms with Gasteiger partial charge in [0.1, 0.15) is 0 Å². The zero-order valence-corrected chi connectivity index (χ0v) is 14.3. The number of esters is 1. The minimum atomic E-state index is -0.811. The number of rotatable bonds is 5. The second kappa shape index (κ2) is 6.59. The van der Waals surface area contributed by atoms with E-state index in [2.05, 4.69) is 10.3 Å². The van der Waals surface area contributed by atoms with Crippen LogP contribution in [0.3, 0.4) is 0 Å². The number of aryl methyl sites for hydroxylation is 1. The molecule has 126 valence electrons. The molecule has 2 aromatic rings. The molecule has 1 aromatic heterocycles. The van der Waals surface area contributed by atoms with Gasteiger partial charge in [0.2, 0.25) is 0 Å². The van der Waals surface area contributed by atoms with Crippen molar-refractivity contribution >= 4 is 22.8 Å². The first kappa shape index (κ1) is 16.4. The number of ether oxygens (including phenoxy) is 1. The number of carbonyl (C=O) groups is 2. The van der Waals surface area contributed by atoms with Gasteiger partial charge in [-0.05, 0) is 44.7 Å². The molecular weight excluding hydrogens is 304 g/mol. The standard InChI is InChI=1S/C19H22N2O3/c1-4-15-11(2)17(14-7-5-6-8-16(14)21-15)19(23)24-12(3)18(22)20-13-9-10-13/h5-8,12-13H,4,9-10H2,1-3H3,(H,20,22)/t12-/m0/s1. The summed E-state index contributed by atoms with van der Waals surface area (Å²) in [6.45, 7) is 5.49. The smallest absolute Gasteiger partial charge is 0.339 e. The van der Waals surface area contributed by atoms with E-state index in [0.717, 1.165) is 41.4 Å². The molecule has 0 aliphatic heterocycles. The molecule has 1 heterocycles. The van der Waals surface area contributed by atoms with Crippen molar-refractivity contribution in [1.82, 2.24) is 10.3 Å². The summed E-state index contributed by atoms with van der Waals surface area (Å²) >= 11 is 0. The maximum absolute atomic E-state index is 12.7. The first-order valence-electron chi connectivity index (χ1n) is 8.40. The summed E-state index contributed by atoms with van der Waals surface area (Å²) in [6, 6.07) is 7.75. The van der Waals surface area contributed by atoms with Gasteiger partial charge in [-0.25, -0.2) is 4.79 Å². The van der Waals surface area contributed by atoms with Crippen LogP contribution < -0.4 is 5.32 Å². The normalized spacial score (nSPS) is 15.1. The third-order valence-electron chi connectivity index (χ3n) is 4.35. The van der Waals surface area contributed by atoms with Gasteiger partial charge in [-0.15, -0.1) is 0 Å². The van der Waals surface area contributed by atoms with Crippen LogP contribution in [-0.4, -0.2) is 29.0 Å². The molecule has 5 nitrogen and oxygen atoms in total. The predicted molar refractivity (Wildman–Crippen MR) is 91.9 cm³/mol. The van der Waals surface area contributed by atoms with Crippen LogP contribution in [0.2, 0.25) is 0 Å². The third kappa shape index (κ3) is 3.25. The van der Waals surface area contributed by atoms with Gasteiger partial charge in [0.25, 0.3) is 5.91 Å². The van der Waals surface area contributed by atoms with Gasteiger partial charge in [-0.2, -0.15) is 0 Å². The highest BCUT2D eigenvalue weighted by atomic mass is 16.5. The molecule has 1 fully saturated rings. The van der Waals surface area contributed by atoms with Crippen molar-refractivity contribution < 1.29 is 14.3 Å². The average molecular weight is 326 g/mol. The molecule has 1 aromatic carbocycles. The third-order valence-corrected chi connectivity index (χ3v) is 4.35. The summed E-state index contributed by atoms with van der Waals surface area (Å²) in [5.41, 5.74) is 2.96. The molecule has 0 spiro atoms. The molecule has 5 heteroatoms. The molecule has 1 N–H and O–H groups in total. The lowest BCUT2D eigenvalue weighted by molar-refractivity contribution is -0.129. The van der Waals surface area contributed by atoms with E-state index in [4.69, 9.17) is 4.74 Å². The molecule has 1 aliphatic carbocycles. The first-order chi connectivity index (χ1) is 11.5. The van der Waals surface area contributed by atoms with Gasteiger partial charge in [-0.3, -0.25) is 9.78 Å². The van der Waals surface area contributed by atoms with E-state index in [1.807, 2.05) is 38.1 Å². The van der Waals surface area contributed by atoms with Crippen molar-refractivity contribution in [2.24, 2.45) is 0 Å². The lowest BCUT2D eigenvalue weighted by atomic mass is 10.0. The Kier molecular flexibility index (Phi) is 4.51. The van der Waals surface area contributed by atoms with Crippen LogP contribution in [0.25, 0.3) is 10.9 Å².